The lowest BCUT2D eigenvalue weighted by atomic mass is 10.0. The van der Waals surface area contributed by atoms with Gasteiger partial charge in [-0.2, -0.15) is 0 Å². The first-order chi connectivity index (χ1) is 9.17. The van der Waals surface area contributed by atoms with Crippen LogP contribution in [-0.2, 0) is 4.74 Å². The minimum Gasteiger partial charge on any atom is -0.379 e. The van der Waals surface area contributed by atoms with E-state index < -0.39 is 0 Å². The van der Waals surface area contributed by atoms with Crippen LogP contribution in [0.15, 0.2) is 0 Å². The fourth-order valence-corrected chi connectivity index (χ4v) is 2.95. The van der Waals surface area contributed by atoms with Gasteiger partial charge in [0.05, 0.1) is 13.2 Å². The Bertz CT molecular complexity index is 215. The van der Waals surface area contributed by atoms with Gasteiger partial charge >= 0.3 is 0 Å². The predicted octanol–water partition coefficient (Wildman–Crippen LogP) is 2.90. The van der Waals surface area contributed by atoms with E-state index in [4.69, 9.17) is 4.74 Å². The molecule has 1 aliphatic heterocycles. The molecule has 1 heterocycles. The van der Waals surface area contributed by atoms with Crippen molar-refractivity contribution in [2.75, 3.05) is 32.8 Å². The molecule has 1 saturated heterocycles. The van der Waals surface area contributed by atoms with E-state index in [-0.39, 0.29) is 0 Å². The molecule has 0 aromatic rings. The second-order valence-corrected chi connectivity index (χ2v) is 6.23. The van der Waals surface area contributed by atoms with E-state index in [0.29, 0.717) is 12.1 Å². The van der Waals surface area contributed by atoms with Crippen LogP contribution in [0.4, 0.5) is 0 Å². The van der Waals surface area contributed by atoms with Gasteiger partial charge in [-0.15, -0.1) is 0 Å². The zero-order valence-electron chi connectivity index (χ0n) is 13.5. The fraction of sp³-hybridized carbons (Fsp3) is 1.00. The SMILES string of the molecule is CCCC(CC)NCC(CC(C)C)N1CCOCC1. The first-order valence-corrected chi connectivity index (χ1v) is 8.22. The van der Waals surface area contributed by atoms with E-state index in [1.165, 1.54) is 25.7 Å². The molecule has 0 amide bonds. The molecule has 0 spiro atoms. The van der Waals surface area contributed by atoms with Crippen molar-refractivity contribution in [1.82, 2.24) is 10.2 Å². The Hall–Kier alpha value is -0.120. The summed E-state index contributed by atoms with van der Waals surface area (Å²) in [4.78, 5) is 2.62. The number of nitrogens with one attached hydrogen (secondary N) is 1. The van der Waals surface area contributed by atoms with Crippen molar-refractivity contribution in [2.45, 2.75) is 65.5 Å². The van der Waals surface area contributed by atoms with Crippen LogP contribution in [-0.4, -0.2) is 49.8 Å². The fourth-order valence-electron chi connectivity index (χ4n) is 2.95. The van der Waals surface area contributed by atoms with E-state index in [9.17, 15) is 0 Å². The molecule has 2 unspecified atom stereocenters. The van der Waals surface area contributed by atoms with Crippen molar-refractivity contribution in [3.8, 4) is 0 Å². The van der Waals surface area contributed by atoms with Crippen LogP contribution in [0.2, 0.25) is 0 Å². The summed E-state index contributed by atoms with van der Waals surface area (Å²) in [6.45, 7) is 14.4. The summed E-state index contributed by atoms with van der Waals surface area (Å²) >= 11 is 0. The van der Waals surface area contributed by atoms with Crippen LogP contribution in [0.5, 0.6) is 0 Å². The molecule has 1 N–H and O–H groups in total. The van der Waals surface area contributed by atoms with Crippen molar-refractivity contribution >= 4 is 0 Å². The molecule has 3 nitrogen and oxygen atoms in total. The molecule has 0 aromatic heterocycles. The Morgan fingerprint density at radius 3 is 2.37 bits per heavy atom. The summed E-state index contributed by atoms with van der Waals surface area (Å²) in [6.07, 6.45) is 5.10. The van der Waals surface area contributed by atoms with Gasteiger partial charge < -0.3 is 10.1 Å². The minimum atomic E-state index is 0.676. The van der Waals surface area contributed by atoms with Gasteiger partial charge in [0.1, 0.15) is 0 Å². The molecule has 1 aliphatic rings. The molecule has 0 bridgehead atoms. The molecule has 114 valence electrons. The number of ether oxygens (including phenoxy) is 1. The Balaban J connectivity index is 2.43. The quantitative estimate of drug-likeness (QED) is 0.697. The highest BCUT2D eigenvalue weighted by Crippen LogP contribution is 2.14. The summed E-state index contributed by atoms with van der Waals surface area (Å²) in [7, 11) is 0. The molecule has 2 atom stereocenters. The highest BCUT2D eigenvalue weighted by atomic mass is 16.5. The second kappa shape index (κ2) is 9.73. The zero-order chi connectivity index (χ0) is 14.1. The monoisotopic (exact) mass is 270 g/mol. The number of hydrogen-bond donors (Lipinski definition) is 1. The zero-order valence-corrected chi connectivity index (χ0v) is 13.5. The van der Waals surface area contributed by atoms with E-state index in [0.717, 1.165) is 38.8 Å². The maximum atomic E-state index is 5.48. The Morgan fingerprint density at radius 2 is 1.84 bits per heavy atom. The van der Waals surface area contributed by atoms with Gasteiger partial charge in [0.25, 0.3) is 0 Å². The van der Waals surface area contributed by atoms with Crippen LogP contribution in [0, 0.1) is 5.92 Å². The van der Waals surface area contributed by atoms with Gasteiger partial charge in [-0.05, 0) is 25.2 Å². The van der Waals surface area contributed by atoms with Crippen molar-refractivity contribution in [2.24, 2.45) is 5.92 Å². The highest BCUT2D eigenvalue weighted by Gasteiger charge is 2.22. The van der Waals surface area contributed by atoms with Gasteiger partial charge in [-0.25, -0.2) is 0 Å². The van der Waals surface area contributed by atoms with E-state index >= 15 is 0 Å². The van der Waals surface area contributed by atoms with E-state index in [2.05, 4.69) is 37.9 Å². The lowest BCUT2D eigenvalue weighted by molar-refractivity contribution is 0.0117. The maximum absolute atomic E-state index is 5.48. The molecular formula is C16H34N2O. The lowest BCUT2D eigenvalue weighted by Gasteiger charge is -2.36. The van der Waals surface area contributed by atoms with Gasteiger partial charge in [-0.1, -0.05) is 34.1 Å². The summed E-state index contributed by atoms with van der Waals surface area (Å²) in [6, 6.07) is 1.37. The summed E-state index contributed by atoms with van der Waals surface area (Å²) in [5, 5.41) is 3.79. The van der Waals surface area contributed by atoms with Gasteiger partial charge in [-0.3, -0.25) is 4.90 Å². The highest BCUT2D eigenvalue weighted by molar-refractivity contribution is 4.79. The molecule has 0 aliphatic carbocycles. The molecule has 19 heavy (non-hydrogen) atoms. The third-order valence-corrected chi connectivity index (χ3v) is 4.08. The third-order valence-electron chi connectivity index (χ3n) is 4.08. The number of rotatable bonds is 9. The molecule has 0 aromatic carbocycles. The van der Waals surface area contributed by atoms with Crippen LogP contribution in [0.1, 0.15) is 53.4 Å². The van der Waals surface area contributed by atoms with Crippen LogP contribution < -0.4 is 5.32 Å². The van der Waals surface area contributed by atoms with Crippen molar-refractivity contribution in [3.05, 3.63) is 0 Å². The molecular weight excluding hydrogens is 236 g/mol. The largest absolute Gasteiger partial charge is 0.379 e. The summed E-state index contributed by atoms with van der Waals surface area (Å²) in [5.74, 6) is 0.765. The Kier molecular flexibility index (Phi) is 8.67. The first-order valence-electron chi connectivity index (χ1n) is 8.22. The number of morpholine rings is 1. The molecule has 1 rings (SSSR count). The molecule has 0 radical (unpaired) electrons. The topological polar surface area (TPSA) is 24.5 Å². The Morgan fingerprint density at radius 1 is 1.16 bits per heavy atom. The van der Waals surface area contributed by atoms with Crippen LogP contribution in [0.3, 0.4) is 0 Å². The molecule has 3 heteroatoms. The summed E-state index contributed by atoms with van der Waals surface area (Å²) in [5.41, 5.74) is 0. The average molecular weight is 270 g/mol. The number of hydrogen-bond acceptors (Lipinski definition) is 3. The predicted molar refractivity (Wildman–Crippen MR) is 82.6 cm³/mol. The maximum Gasteiger partial charge on any atom is 0.0594 e. The molecule has 0 saturated carbocycles. The van der Waals surface area contributed by atoms with Crippen molar-refractivity contribution in [1.29, 1.82) is 0 Å². The number of nitrogens with zero attached hydrogens (tertiary/aromatic N) is 1. The van der Waals surface area contributed by atoms with Gasteiger partial charge in [0.2, 0.25) is 0 Å². The van der Waals surface area contributed by atoms with Crippen molar-refractivity contribution < 1.29 is 4.74 Å². The van der Waals surface area contributed by atoms with Gasteiger partial charge in [0.15, 0.2) is 0 Å². The Labute approximate surface area is 120 Å². The first kappa shape index (κ1) is 16.9. The average Bonchev–Trinajstić information content (AvgIpc) is 2.42. The normalized spacial score (nSPS) is 20.7. The van der Waals surface area contributed by atoms with Gasteiger partial charge in [0, 0.05) is 31.7 Å². The van der Waals surface area contributed by atoms with Crippen LogP contribution >= 0.6 is 0 Å². The second-order valence-electron chi connectivity index (χ2n) is 6.23. The smallest absolute Gasteiger partial charge is 0.0594 e. The summed E-state index contributed by atoms with van der Waals surface area (Å²) < 4.78 is 5.48. The standard InChI is InChI=1S/C16H34N2O/c1-5-7-15(6-2)17-13-16(12-14(3)4)18-8-10-19-11-9-18/h14-17H,5-13H2,1-4H3. The van der Waals surface area contributed by atoms with Crippen molar-refractivity contribution in [3.63, 3.8) is 0 Å². The van der Waals surface area contributed by atoms with E-state index in [1.54, 1.807) is 0 Å². The minimum absolute atomic E-state index is 0.676. The molecule has 1 fully saturated rings. The van der Waals surface area contributed by atoms with E-state index in [1.807, 2.05) is 0 Å². The van der Waals surface area contributed by atoms with Crippen LogP contribution in [0.25, 0.3) is 0 Å². The third kappa shape index (κ3) is 6.73. The lowest BCUT2D eigenvalue weighted by Crippen LogP contribution is -2.49.